The van der Waals surface area contributed by atoms with Crippen LogP contribution in [0.5, 0.6) is 0 Å². The van der Waals surface area contributed by atoms with Gasteiger partial charge in [0.1, 0.15) is 6.61 Å². The molecule has 0 heterocycles. The first kappa shape index (κ1) is 19.4. The van der Waals surface area contributed by atoms with Crippen LogP contribution in [-0.2, 0) is 21.4 Å². The molecule has 28 heavy (non-hydrogen) atoms. The number of ether oxygens (including phenoxy) is 1. The molecule has 3 aromatic carbocycles. The Bertz CT molecular complexity index is 1020. The third kappa shape index (κ3) is 4.69. The molecule has 6 nitrogen and oxygen atoms in total. The van der Waals surface area contributed by atoms with Crippen LogP contribution in [0.4, 0.5) is 16.2 Å². The average Bonchev–Trinajstić information content (AvgIpc) is 2.73. The van der Waals surface area contributed by atoms with E-state index in [0.29, 0.717) is 11.4 Å². The standard InChI is InChI=1S/C21H20N2O4S/c1-23(19-10-6-3-7-11-19)28(25,26)20-14-12-18(13-15-20)22-21(24)27-16-17-8-4-2-5-9-17/h2-15H,16H2,1H3,(H,22,24). The average molecular weight is 396 g/mol. The second-order valence-electron chi connectivity index (χ2n) is 6.02. The molecular weight excluding hydrogens is 376 g/mol. The third-order valence-electron chi connectivity index (χ3n) is 4.09. The molecule has 0 aromatic heterocycles. The van der Waals surface area contributed by atoms with Crippen LogP contribution in [0.15, 0.2) is 89.8 Å². The number of nitrogens with one attached hydrogen (secondary N) is 1. The zero-order valence-electron chi connectivity index (χ0n) is 15.3. The summed E-state index contributed by atoms with van der Waals surface area (Å²) in [4.78, 5) is 12.0. The molecule has 0 saturated carbocycles. The highest BCUT2D eigenvalue weighted by Gasteiger charge is 2.21. The summed E-state index contributed by atoms with van der Waals surface area (Å²) in [5, 5.41) is 2.58. The van der Waals surface area contributed by atoms with Gasteiger partial charge < -0.3 is 4.74 Å². The van der Waals surface area contributed by atoms with Crippen molar-refractivity contribution in [3.05, 3.63) is 90.5 Å². The first-order valence-electron chi connectivity index (χ1n) is 8.58. The number of hydrogen-bond acceptors (Lipinski definition) is 4. The number of amides is 1. The van der Waals surface area contributed by atoms with Crippen molar-refractivity contribution in [2.45, 2.75) is 11.5 Å². The van der Waals surface area contributed by atoms with Gasteiger partial charge >= 0.3 is 6.09 Å². The van der Waals surface area contributed by atoms with Crippen molar-refractivity contribution in [1.82, 2.24) is 0 Å². The maximum Gasteiger partial charge on any atom is 0.411 e. The highest BCUT2D eigenvalue weighted by Crippen LogP contribution is 2.22. The van der Waals surface area contributed by atoms with Crippen LogP contribution in [0.1, 0.15) is 5.56 Å². The Hall–Kier alpha value is -3.32. The van der Waals surface area contributed by atoms with Crippen LogP contribution < -0.4 is 9.62 Å². The molecule has 0 spiro atoms. The number of sulfonamides is 1. The van der Waals surface area contributed by atoms with Crippen molar-refractivity contribution in [2.24, 2.45) is 0 Å². The molecule has 3 rings (SSSR count). The topological polar surface area (TPSA) is 75.7 Å². The summed E-state index contributed by atoms with van der Waals surface area (Å²) in [6.07, 6.45) is -0.610. The van der Waals surface area contributed by atoms with Gasteiger partial charge in [-0.15, -0.1) is 0 Å². The summed E-state index contributed by atoms with van der Waals surface area (Å²) in [5.41, 5.74) is 1.89. The first-order valence-corrected chi connectivity index (χ1v) is 10.0. The predicted molar refractivity (Wildman–Crippen MR) is 109 cm³/mol. The Balaban J connectivity index is 1.63. The summed E-state index contributed by atoms with van der Waals surface area (Å²) >= 11 is 0. The molecule has 0 unspecified atom stereocenters. The minimum Gasteiger partial charge on any atom is -0.444 e. The van der Waals surface area contributed by atoms with Crippen molar-refractivity contribution in [2.75, 3.05) is 16.7 Å². The minimum atomic E-state index is -3.69. The Labute approximate surface area is 164 Å². The first-order chi connectivity index (χ1) is 13.5. The van der Waals surface area contributed by atoms with Gasteiger partial charge in [0.15, 0.2) is 0 Å². The lowest BCUT2D eigenvalue weighted by molar-refractivity contribution is 0.155. The molecule has 0 fully saturated rings. The second kappa shape index (κ2) is 8.58. The predicted octanol–water partition coefficient (Wildman–Crippen LogP) is 4.26. The van der Waals surface area contributed by atoms with Crippen LogP contribution in [0.2, 0.25) is 0 Å². The molecule has 1 amide bonds. The van der Waals surface area contributed by atoms with E-state index in [1.54, 1.807) is 24.3 Å². The summed E-state index contributed by atoms with van der Waals surface area (Å²) < 4.78 is 31.8. The van der Waals surface area contributed by atoms with Gasteiger partial charge in [-0.25, -0.2) is 13.2 Å². The molecule has 7 heteroatoms. The Kier molecular flexibility index (Phi) is 5.96. The molecule has 0 aliphatic heterocycles. The number of nitrogens with zero attached hydrogens (tertiary/aromatic N) is 1. The largest absolute Gasteiger partial charge is 0.444 e. The van der Waals surface area contributed by atoms with Gasteiger partial charge in [0.05, 0.1) is 10.6 Å². The van der Waals surface area contributed by atoms with Crippen LogP contribution >= 0.6 is 0 Å². The molecule has 0 aliphatic carbocycles. The second-order valence-corrected chi connectivity index (χ2v) is 7.99. The monoisotopic (exact) mass is 396 g/mol. The number of anilines is 2. The number of carbonyl (C=O) groups is 1. The maximum absolute atomic E-state index is 12.7. The number of para-hydroxylation sites is 1. The van der Waals surface area contributed by atoms with E-state index >= 15 is 0 Å². The number of hydrogen-bond donors (Lipinski definition) is 1. The SMILES string of the molecule is CN(c1ccccc1)S(=O)(=O)c1ccc(NC(=O)OCc2ccccc2)cc1. The summed E-state index contributed by atoms with van der Waals surface area (Å²) in [6.45, 7) is 0.154. The molecule has 1 N–H and O–H groups in total. The van der Waals surface area contributed by atoms with E-state index in [2.05, 4.69) is 5.32 Å². The Morgan fingerprint density at radius 3 is 2.07 bits per heavy atom. The lowest BCUT2D eigenvalue weighted by atomic mass is 10.2. The lowest BCUT2D eigenvalue weighted by Gasteiger charge is -2.19. The summed E-state index contributed by atoms with van der Waals surface area (Å²) in [6, 6.07) is 24.1. The van der Waals surface area contributed by atoms with Gasteiger partial charge in [-0.3, -0.25) is 9.62 Å². The maximum atomic E-state index is 12.7. The fraction of sp³-hybridized carbons (Fsp3) is 0.0952. The van der Waals surface area contributed by atoms with Crippen molar-refractivity contribution in [1.29, 1.82) is 0 Å². The molecule has 0 saturated heterocycles. The van der Waals surface area contributed by atoms with E-state index in [9.17, 15) is 13.2 Å². The van der Waals surface area contributed by atoms with Crippen molar-refractivity contribution < 1.29 is 17.9 Å². The molecule has 0 bridgehead atoms. The van der Waals surface area contributed by atoms with Crippen molar-refractivity contribution in [3.63, 3.8) is 0 Å². The number of benzene rings is 3. The van der Waals surface area contributed by atoms with E-state index in [1.807, 2.05) is 36.4 Å². The molecule has 0 aliphatic rings. The van der Waals surface area contributed by atoms with E-state index in [4.69, 9.17) is 4.74 Å². The quantitative estimate of drug-likeness (QED) is 0.675. The van der Waals surface area contributed by atoms with Crippen LogP contribution in [0, 0.1) is 0 Å². The van der Waals surface area contributed by atoms with E-state index in [1.165, 1.54) is 35.6 Å². The number of carbonyl (C=O) groups excluding carboxylic acids is 1. The highest BCUT2D eigenvalue weighted by atomic mass is 32.2. The smallest absolute Gasteiger partial charge is 0.411 e. The molecule has 0 atom stereocenters. The van der Waals surface area contributed by atoms with E-state index in [-0.39, 0.29) is 11.5 Å². The van der Waals surface area contributed by atoms with E-state index in [0.717, 1.165) is 5.56 Å². The van der Waals surface area contributed by atoms with Gasteiger partial charge in [-0.05, 0) is 42.0 Å². The minimum absolute atomic E-state index is 0.127. The van der Waals surface area contributed by atoms with Gasteiger partial charge in [0, 0.05) is 12.7 Å². The Morgan fingerprint density at radius 1 is 0.893 bits per heavy atom. The van der Waals surface area contributed by atoms with Gasteiger partial charge in [-0.2, -0.15) is 0 Å². The molecule has 144 valence electrons. The Morgan fingerprint density at radius 2 is 1.46 bits per heavy atom. The van der Waals surface area contributed by atoms with Gasteiger partial charge in [-0.1, -0.05) is 48.5 Å². The normalized spacial score (nSPS) is 10.9. The zero-order chi connectivity index (χ0) is 20.0. The molecule has 0 radical (unpaired) electrons. The van der Waals surface area contributed by atoms with Crippen molar-refractivity contribution >= 4 is 27.5 Å². The lowest BCUT2D eigenvalue weighted by Crippen LogP contribution is -2.26. The highest BCUT2D eigenvalue weighted by molar-refractivity contribution is 7.92. The van der Waals surface area contributed by atoms with Gasteiger partial charge in [0.25, 0.3) is 10.0 Å². The van der Waals surface area contributed by atoms with Crippen LogP contribution in [0.3, 0.4) is 0 Å². The summed E-state index contributed by atoms with van der Waals surface area (Å²) in [7, 11) is -2.20. The number of rotatable bonds is 6. The fourth-order valence-corrected chi connectivity index (χ4v) is 3.72. The van der Waals surface area contributed by atoms with Crippen LogP contribution in [0.25, 0.3) is 0 Å². The van der Waals surface area contributed by atoms with Crippen molar-refractivity contribution in [3.8, 4) is 0 Å². The summed E-state index contributed by atoms with van der Waals surface area (Å²) in [5.74, 6) is 0. The third-order valence-corrected chi connectivity index (χ3v) is 5.89. The van der Waals surface area contributed by atoms with Gasteiger partial charge in [0.2, 0.25) is 0 Å². The zero-order valence-corrected chi connectivity index (χ0v) is 16.1. The molecule has 3 aromatic rings. The fourth-order valence-electron chi connectivity index (χ4n) is 2.52. The van der Waals surface area contributed by atoms with Crippen LogP contribution in [-0.4, -0.2) is 21.6 Å². The van der Waals surface area contributed by atoms with E-state index < -0.39 is 16.1 Å². The molecular formula is C21H20N2O4S.